The average Bonchev–Trinajstić information content (AvgIpc) is 3.41. The maximum atomic E-state index is 13.8. The minimum absolute atomic E-state index is 0.0195. The number of hydrogen-bond donors (Lipinski definition) is 4. The van der Waals surface area contributed by atoms with E-state index in [1.807, 2.05) is 0 Å². The number of halogens is 1. The predicted octanol–water partition coefficient (Wildman–Crippen LogP) is 1.70. The molecule has 1 fully saturated rings. The van der Waals surface area contributed by atoms with Gasteiger partial charge in [-0.3, -0.25) is 13.9 Å². The molecular weight excluding hydrogens is 565 g/mol. The number of carbonyl (C=O) groups excluding carboxylic acids is 1. The maximum absolute atomic E-state index is 13.8. The standard InChI is InChI=1S/C24H29ClN7O7P/c1-14(2)37-21(34)15(3)31-40(35,39-16-7-5-4-6-8-16)36-12-18-19(33)24(27,9-10-25)22(38-18)32-13-29-17-11-28-23(26)30-20(17)32/h4-8,11,13-15,18-19,22,33H,12,27H2,1-3H3,(H,31,35)(H2,26,28,30)/t15-,18+,19-,22+,24?,40?/m0/s1. The van der Waals surface area contributed by atoms with Crippen LogP contribution in [0.25, 0.3) is 11.2 Å². The Hall–Kier alpha value is -3.28. The molecule has 0 radical (unpaired) electrons. The van der Waals surface area contributed by atoms with Crippen LogP contribution in [0.1, 0.15) is 27.0 Å². The van der Waals surface area contributed by atoms with Crippen molar-refractivity contribution in [3.63, 3.8) is 0 Å². The van der Waals surface area contributed by atoms with Crippen LogP contribution in [-0.4, -0.2) is 67.1 Å². The van der Waals surface area contributed by atoms with Gasteiger partial charge in [-0.05, 0) is 44.5 Å². The van der Waals surface area contributed by atoms with Gasteiger partial charge in [-0.15, -0.1) is 0 Å². The fraction of sp³-hybridized carbons (Fsp3) is 0.417. The summed E-state index contributed by atoms with van der Waals surface area (Å²) in [4.78, 5) is 24.7. The van der Waals surface area contributed by atoms with Crippen LogP contribution in [0.4, 0.5) is 5.95 Å². The van der Waals surface area contributed by atoms with Crippen molar-refractivity contribution in [2.75, 3.05) is 12.3 Å². The Morgan fingerprint density at radius 3 is 2.73 bits per heavy atom. The van der Waals surface area contributed by atoms with Crippen molar-refractivity contribution in [3.05, 3.63) is 42.9 Å². The number of ether oxygens (including phenoxy) is 2. The minimum atomic E-state index is -4.26. The molecule has 1 saturated heterocycles. The molecular formula is C24H29ClN7O7P. The number of nitrogens with one attached hydrogen (secondary N) is 1. The van der Waals surface area contributed by atoms with Gasteiger partial charge in [0, 0.05) is 5.38 Å². The first-order chi connectivity index (χ1) is 19.0. The van der Waals surface area contributed by atoms with Crippen LogP contribution >= 0.6 is 19.3 Å². The Bertz CT molecular complexity index is 1460. The molecule has 4 rings (SSSR count). The van der Waals surface area contributed by atoms with Crippen LogP contribution < -0.4 is 21.1 Å². The first-order valence-electron chi connectivity index (χ1n) is 12.1. The Morgan fingerprint density at radius 1 is 1.32 bits per heavy atom. The SMILES string of the molecule is CC(C)OC(=O)[C@H](C)NP(=O)(OC[C@H]1O[C@@H](n2cnc3cnc(N)nc32)C(N)(C#CCl)[C@H]1O)Oc1ccccc1. The zero-order valence-electron chi connectivity index (χ0n) is 21.8. The zero-order chi connectivity index (χ0) is 29.1. The molecule has 1 aromatic carbocycles. The Labute approximate surface area is 234 Å². The number of para-hydroxylation sites is 1. The Morgan fingerprint density at radius 2 is 2.05 bits per heavy atom. The third-order valence-corrected chi connectivity index (χ3v) is 7.58. The summed E-state index contributed by atoms with van der Waals surface area (Å²) in [5, 5.41) is 16.0. The number of aliphatic hydroxyl groups excluding tert-OH is 1. The lowest BCUT2D eigenvalue weighted by Crippen LogP contribution is -2.53. The van der Waals surface area contributed by atoms with Gasteiger partial charge in [0.2, 0.25) is 5.95 Å². The number of aromatic nitrogens is 4. The summed E-state index contributed by atoms with van der Waals surface area (Å²) in [5.74, 6) is 2.10. The van der Waals surface area contributed by atoms with Gasteiger partial charge in [-0.2, -0.15) is 10.1 Å². The topological polar surface area (TPSA) is 199 Å². The maximum Gasteiger partial charge on any atom is 0.459 e. The number of benzene rings is 1. The number of nitrogens with zero attached hydrogens (tertiary/aromatic N) is 4. The van der Waals surface area contributed by atoms with Crippen molar-refractivity contribution in [1.29, 1.82) is 0 Å². The van der Waals surface area contributed by atoms with E-state index in [9.17, 15) is 14.5 Å². The molecule has 2 unspecified atom stereocenters. The van der Waals surface area contributed by atoms with Gasteiger partial charge in [-0.1, -0.05) is 24.1 Å². The molecule has 0 spiro atoms. The predicted molar refractivity (Wildman–Crippen MR) is 145 cm³/mol. The third kappa shape index (κ3) is 6.37. The van der Waals surface area contributed by atoms with Crippen LogP contribution in [0.15, 0.2) is 42.9 Å². The van der Waals surface area contributed by atoms with Crippen molar-refractivity contribution < 1.29 is 33.0 Å². The molecule has 16 heteroatoms. The number of nitrogens with two attached hydrogens (primary N) is 2. The number of fused-ring (bicyclic) bond motifs is 1. The quantitative estimate of drug-likeness (QED) is 0.150. The van der Waals surface area contributed by atoms with Crippen LogP contribution in [-0.2, 0) is 23.4 Å². The van der Waals surface area contributed by atoms with E-state index in [0.29, 0.717) is 5.52 Å². The summed E-state index contributed by atoms with van der Waals surface area (Å²) >= 11 is 5.69. The highest BCUT2D eigenvalue weighted by Gasteiger charge is 2.55. The second-order valence-electron chi connectivity index (χ2n) is 9.25. The van der Waals surface area contributed by atoms with E-state index in [0.717, 1.165) is 0 Å². The molecule has 6 atom stereocenters. The third-order valence-electron chi connectivity index (χ3n) is 5.84. The number of rotatable bonds is 10. The van der Waals surface area contributed by atoms with Crippen molar-refractivity contribution in [3.8, 4) is 17.0 Å². The monoisotopic (exact) mass is 593 g/mol. The molecule has 3 aromatic rings. The number of anilines is 1. The molecule has 2 aromatic heterocycles. The molecule has 40 heavy (non-hydrogen) atoms. The summed E-state index contributed by atoms with van der Waals surface area (Å²) in [6.45, 7) is 4.32. The van der Waals surface area contributed by atoms with Gasteiger partial charge in [0.05, 0.1) is 25.2 Å². The van der Waals surface area contributed by atoms with Gasteiger partial charge < -0.3 is 30.6 Å². The lowest BCUT2D eigenvalue weighted by molar-refractivity contribution is -0.149. The van der Waals surface area contributed by atoms with E-state index in [2.05, 4.69) is 31.3 Å². The number of nitrogen functional groups attached to an aromatic ring is 1. The van der Waals surface area contributed by atoms with E-state index >= 15 is 0 Å². The second kappa shape index (κ2) is 12.1. The lowest BCUT2D eigenvalue weighted by atomic mass is 9.92. The van der Waals surface area contributed by atoms with Gasteiger partial charge in [0.25, 0.3) is 0 Å². The molecule has 0 aliphatic carbocycles. The highest BCUT2D eigenvalue weighted by molar-refractivity contribution is 7.52. The molecule has 6 N–H and O–H groups in total. The molecule has 0 amide bonds. The lowest BCUT2D eigenvalue weighted by Gasteiger charge is -2.27. The Balaban J connectivity index is 1.59. The Kier molecular flexibility index (Phi) is 8.96. The van der Waals surface area contributed by atoms with Crippen molar-refractivity contribution in [2.24, 2.45) is 5.73 Å². The highest BCUT2D eigenvalue weighted by atomic mass is 35.5. The zero-order valence-corrected chi connectivity index (χ0v) is 23.5. The molecule has 1 aliphatic rings. The van der Waals surface area contributed by atoms with Crippen molar-refractivity contribution in [1.82, 2.24) is 24.6 Å². The number of carbonyl (C=O) groups is 1. The van der Waals surface area contributed by atoms with Crippen LogP contribution in [0.3, 0.4) is 0 Å². The fourth-order valence-electron chi connectivity index (χ4n) is 3.97. The van der Waals surface area contributed by atoms with Gasteiger partial charge >= 0.3 is 13.7 Å². The second-order valence-corrected chi connectivity index (χ2v) is 11.1. The summed E-state index contributed by atoms with van der Waals surface area (Å²) in [6.07, 6.45) is -1.44. The fourth-order valence-corrected chi connectivity index (χ4v) is 5.63. The van der Waals surface area contributed by atoms with E-state index in [-0.39, 0.29) is 17.3 Å². The van der Waals surface area contributed by atoms with Crippen molar-refractivity contribution in [2.45, 2.75) is 56.9 Å². The molecule has 14 nitrogen and oxygen atoms in total. The van der Waals surface area contributed by atoms with Gasteiger partial charge in [-0.25, -0.2) is 14.5 Å². The summed E-state index contributed by atoms with van der Waals surface area (Å²) in [5.41, 5.74) is 11.1. The minimum Gasteiger partial charge on any atom is -0.462 e. The van der Waals surface area contributed by atoms with E-state index < -0.39 is 56.4 Å². The highest BCUT2D eigenvalue weighted by Crippen LogP contribution is 2.47. The number of imidazole rings is 1. The summed E-state index contributed by atoms with van der Waals surface area (Å²) in [6, 6.07) is 7.13. The van der Waals surface area contributed by atoms with E-state index in [4.69, 9.17) is 41.6 Å². The summed E-state index contributed by atoms with van der Waals surface area (Å²) < 4.78 is 37.8. The van der Waals surface area contributed by atoms with Crippen LogP contribution in [0.2, 0.25) is 0 Å². The van der Waals surface area contributed by atoms with Crippen LogP contribution in [0, 0.1) is 11.3 Å². The average molecular weight is 594 g/mol. The normalized spacial score (nSPS) is 24.7. The number of hydrogen-bond acceptors (Lipinski definition) is 12. The van der Waals surface area contributed by atoms with E-state index in [1.165, 1.54) is 24.0 Å². The van der Waals surface area contributed by atoms with Crippen molar-refractivity contribution >= 4 is 42.4 Å². The smallest absolute Gasteiger partial charge is 0.459 e. The molecule has 214 valence electrons. The molecule has 1 aliphatic heterocycles. The largest absolute Gasteiger partial charge is 0.462 e. The van der Waals surface area contributed by atoms with Gasteiger partial charge in [0.15, 0.2) is 17.4 Å². The summed E-state index contributed by atoms with van der Waals surface area (Å²) in [7, 11) is -4.26. The van der Waals surface area contributed by atoms with Crippen LogP contribution in [0.5, 0.6) is 5.75 Å². The molecule has 3 heterocycles. The number of esters is 1. The first kappa shape index (κ1) is 29.7. The number of aliphatic hydroxyl groups is 1. The molecule has 0 saturated carbocycles. The molecule has 0 bridgehead atoms. The van der Waals surface area contributed by atoms with Gasteiger partial charge in [0.1, 0.15) is 29.5 Å². The first-order valence-corrected chi connectivity index (χ1v) is 14.1. The van der Waals surface area contributed by atoms with E-state index in [1.54, 1.807) is 44.2 Å².